The number of nitrogens with zero attached hydrogens (tertiary/aromatic N) is 3. The highest BCUT2D eigenvalue weighted by Crippen LogP contribution is 2.17. The maximum Gasteiger partial charge on any atom is 0.273 e. The molecule has 2 heterocycles. The van der Waals surface area contributed by atoms with Gasteiger partial charge in [-0.15, -0.1) is 0 Å². The zero-order chi connectivity index (χ0) is 26.4. The van der Waals surface area contributed by atoms with Crippen LogP contribution < -0.4 is 15.4 Å². The van der Waals surface area contributed by atoms with Crippen molar-refractivity contribution in [1.82, 2.24) is 20.2 Å². The summed E-state index contributed by atoms with van der Waals surface area (Å²) in [7, 11) is 1.58. The van der Waals surface area contributed by atoms with Crippen LogP contribution >= 0.6 is 0 Å². The summed E-state index contributed by atoms with van der Waals surface area (Å²) in [6.45, 7) is 0.963. The summed E-state index contributed by atoms with van der Waals surface area (Å²) in [5.41, 5.74) is 0.492. The number of carbonyl (C=O) groups excluding carboxylic acids is 3. The number of halogens is 2. The van der Waals surface area contributed by atoms with E-state index in [0.717, 1.165) is 23.4 Å². The van der Waals surface area contributed by atoms with E-state index in [4.69, 9.17) is 4.74 Å². The van der Waals surface area contributed by atoms with Crippen LogP contribution in [0, 0.1) is 11.6 Å². The fourth-order valence-corrected chi connectivity index (χ4v) is 4.02. The van der Waals surface area contributed by atoms with Crippen LogP contribution in [0.1, 0.15) is 39.3 Å². The normalized spacial score (nSPS) is 13.6. The highest BCUT2D eigenvalue weighted by Gasteiger charge is 2.26. The van der Waals surface area contributed by atoms with E-state index in [1.54, 1.807) is 12.0 Å². The summed E-state index contributed by atoms with van der Waals surface area (Å²) in [6, 6.07) is 9.51. The predicted octanol–water partition coefficient (Wildman–Crippen LogP) is 2.98. The van der Waals surface area contributed by atoms with Crippen LogP contribution in [-0.2, 0) is 11.2 Å². The van der Waals surface area contributed by atoms with E-state index in [1.807, 2.05) is 24.3 Å². The van der Waals surface area contributed by atoms with E-state index in [0.29, 0.717) is 32.0 Å². The van der Waals surface area contributed by atoms with Gasteiger partial charge in [0.25, 0.3) is 11.8 Å². The number of benzene rings is 2. The van der Waals surface area contributed by atoms with E-state index in [2.05, 4.69) is 20.6 Å². The number of anilines is 1. The number of amides is 3. The van der Waals surface area contributed by atoms with Crippen LogP contribution in [0.2, 0.25) is 0 Å². The minimum absolute atomic E-state index is 0.00246. The Morgan fingerprint density at radius 1 is 0.973 bits per heavy atom. The van der Waals surface area contributed by atoms with Gasteiger partial charge in [-0.2, -0.15) is 0 Å². The second-order valence-electron chi connectivity index (χ2n) is 8.52. The van der Waals surface area contributed by atoms with Gasteiger partial charge in [0.2, 0.25) is 5.91 Å². The van der Waals surface area contributed by atoms with Gasteiger partial charge >= 0.3 is 0 Å². The number of likely N-dealkylation sites (tertiary alicyclic amines) is 1. The number of carbonyl (C=O) groups is 3. The van der Waals surface area contributed by atoms with E-state index >= 15 is 0 Å². The first-order valence-corrected chi connectivity index (χ1v) is 11.6. The zero-order valence-electron chi connectivity index (χ0n) is 20.0. The van der Waals surface area contributed by atoms with Crippen LogP contribution in [0.25, 0.3) is 0 Å². The molecule has 0 saturated carbocycles. The number of aromatic nitrogens is 2. The third kappa shape index (κ3) is 6.63. The molecular weight excluding hydrogens is 484 g/mol. The minimum atomic E-state index is -0.906. The van der Waals surface area contributed by atoms with Gasteiger partial charge in [0, 0.05) is 43.2 Å². The summed E-state index contributed by atoms with van der Waals surface area (Å²) in [4.78, 5) is 47.8. The van der Waals surface area contributed by atoms with Crippen LogP contribution in [0.4, 0.5) is 14.6 Å². The third-order valence-corrected chi connectivity index (χ3v) is 5.97. The van der Waals surface area contributed by atoms with Crippen molar-refractivity contribution in [3.05, 3.63) is 83.3 Å². The first-order chi connectivity index (χ1) is 17.8. The van der Waals surface area contributed by atoms with Crippen molar-refractivity contribution in [1.29, 1.82) is 0 Å². The molecule has 11 heteroatoms. The molecule has 1 aliphatic rings. The number of ether oxygens (including phenoxy) is 1. The monoisotopic (exact) mass is 509 g/mol. The lowest BCUT2D eigenvalue weighted by Crippen LogP contribution is -2.47. The summed E-state index contributed by atoms with van der Waals surface area (Å²) >= 11 is 0. The summed E-state index contributed by atoms with van der Waals surface area (Å²) in [5.74, 6) is -2.62. The highest BCUT2D eigenvalue weighted by molar-refractivity contribution is 6.07. The molecule has 0 spiro atoms. The first-order valence-electron chi connectivity index (χ1n) is 11.6. The fraction of sp³-hybridized carbons (Fsp3) is 0.269. The van der Waals surface area contributed by atoms with E-state index in [-0.39, 0.29) is 35.4 Å². The van der Waals surface area contributed by atoms with E-state index < -0.39 is 23.4 Å². The topological polar surface area (TPSA) is 114 Å². The molecule has 0 atom stereocenters. The number of nitrogens with one attached hydrogen (secondary N) is 2. The van der Waals surface area contributed by atoms with Crippen molar-refractivity contribution in [2.45, 2.75) is 25.3 Å². The molecule has 1 aliphatic heterocycles. The van der Waals surface area contributed by atoms with Crippen molar-refractivity contribution in [2.24, 2.45) is 0 Å². The van der Waals surface area contributed by atoms with E-state index in [9.17, 15) is 23.2 Å². The average Bonchev–Trinajstić information content (AvgIpc) is 2.89. The highest BCUT2D eigenvalue weighted by atomic mass is 19.1. The summed E-state index contributed by atoms with van der Waals surface area (Å²) in [5, 5.41) is 5.25. The predicted molar refractivity (Wildman–Crippen MR) is 130 cm³/mol. The summed E-state index contributed by atoms with van der Waals surface area (Å²) < 4.78 is 32.1. The first kappa shape index (κ1) is 25.7. The molecular formula is C26H25F2N5O4. The number of hydrogen-bond donors (Lipinski definition) is 2. The molecule has 9 nitrogen and oxygen atoms in total. The van der Waals surface area contributed by atoms with Crippen molar-refractivity contribution < 1.29 is 27.9 Å². The lowest BCUT2D eigenvalue weighted by Gasteiger charge is -2.32. The minimum Gasteiger partial charge on any atom is -0.497 e. The van der Waals surface area contributed by atoms with Gasteiger partial charge in [0.15, 0.2) is 11.5 Å². The molecule has 2 N–H and O–H groups in total. The zero-order valence-corrected chi connectivity index (χ0v) is 20.0. The molecule has 4 rings (SSSR count). The van der Waals surface area contributed by atoms with Crippen LogP contribution in [0.15, 0.2) is 54.9 Å². The molecule has 1 aromatic heterocycles. The molecule has 3 amide bonds. The second kappa shape index (κ2) is 11.5. The molecule has 2 aromatic carbocycles. The number of piperidine rings is 1. The maximum atomic E-state index is 13.5. The molecule has 0 unspecified atom stereocenters. The van der Waals surface area contributed by atoms with Crippen LogP contribution in [0.5, 0.6) is 5.75 Å². The Kier molecular flexibility index (Phi) is 8.02. The second-order valence-corrected chi connectivity index (χ2v) is 8.52. The Balaban J connectivity index is 1.32. The molecule has 3 aromatic rings. The van der Waals surface area contributed by atoms with Crippen LogP contribution in [-0.4, -0.2) is 58.8 Å². The van der Waals surface area contributed by atoms with Gasteiger partial charge in [-0.1, -0.05) is 12.1 Å². The Labute approximate surface area is 211 Å². The van der Waals surface area contributed by atoms with E-state index in [1.165, 1.54) is 12.4 Å². The summed E-state index contributed by atoms with van der Waals surface area (Å²) in [6.07, 6.45) is 3.95. The Morgan fingerprint density at radius 2 is 1.62 bits per heavy atom. The number of hydrogen-bond acceptors (Lipinski definition) is 6. The third-order valence-electron chi connectivity index (χ3n) is 5.97. The maximum absolute atomic E-state index is 13.5. The smallest absolute Gasteiger partial charge is 0.273 e. The fourth-order valence-electron chi connectivity index (χ4n) is 4.02. The molecule has 37 heavy (non-hydrogen) atoms. The molecule has 1 saturated heterocycles. The Bertz CT molecular complexity index is 1270. The van der Waals surface area contributed by atoms with Gasteiger partial charge < -0.3 is 20.3 Å². The molecule has 1 fully saturated rings. The van der Waals surface area contributed by atoms with Crippen molar-refractivity contribution in [3.8, 4) is 5.75 Å². The van der Waals surface area contributed by atoms with Gasteiger partial charge in [-0.05, 0) is 42.7 Å². The largest absolute Gasteiger partial charge is 0.497 e. The molecule has 0 bridgehead atoms. The van der Waals surface area contributed by atoms with Gasteiger partial charge in [0.1, 0.15) is 17.4 Å². The molecule has 0 radical (unpaired) electrons. The molecule has 192 valence electrons. The SMILES string of the molecule is COc1ccc(CC(=O)N2CCC(NC(=O)c3nccnc3NC(=O)c3cc(F)cc(F)c3)CC2)cc1. The van der Waals surface area contributed by atoms with Crippen molar-refractivity contribution in [2.75, 3.05) is 25.5 Å². The van der Waals surface area contributed by atoms with Crippen LogP contribution in [0.3, 0.4) is 0 Å². The molecule has 0 aliphatic carbocycles. The van der Waals surface area contributed by atoms with Gasteiger partial charge in [-0.25, -0.2) is 18.7 Å². The average molecular weight is 510 g/mol. The Hall–Kier alpha value is -4.41. The Morgan fingerprint density at radius 3 is 2.27 bits per heavy atom. The van der Waals surface area contributed by atoms with Gasteiger partial charge in [-0.3, -0.25) is 14.4 Å². The number of methoxy groups -OCH3 is 1. The number of rotatable bonds is 7. The van der Waals surface area contributed by atoms with Gasteiger partial charge in [0.05, 0.1) is 13.5 Å². The lowest BCUT2D eigenvalue weighted by molar-refractivity contribution is -0.131. The van der Waals surface area contributed by atoms with Crippen molar-refractivity contribution in [3.63, 3.8) is 0 Å². The standard InChI is InChI=1S/C26H25F2N5O4/c1-37-21-4-2-16(3-5-21)12-22(34)33-10-6-20(7-11-33)31-26(36)23-24(30-9-8-29-23)32-25(35)17-13-18(27)15-19(28)14-17/h2-5,8-9,13-15,20H,6-7,10-12H2,1H3,(H,31,36)(H,30,32,35). The quantitative estimate of drug-likeness (QED) is 0.506. The van der Waals surface area contributed by atoms with Crippen molar-refractivity contribution >= 4 is 23.5 Å². The lowest BCUT2D eigenvalue weighted by atomic mass is 10.0.